The minimum absolute atomic E-state index is 0.0875. The fourth-order valence-electron chi connectivity index (χ4n) is 2.41. The van der Waals surface area contributed by atoms with Gasteiger partial charge >= 0.3 is 0 Å². The summed E-state index contributed by atoms with van der Waals surface area (Å²) in [6.07, 6.45) is 2.85. The zero-order valence-electron chi connectivity index (χ0n) is 12.5. The molecular weight excluding hydrogens is 268 g/mol. The summed E-state index contributed by atoms with van der Waals surface area (Å²) in [6, 6.07) is 6.89. The van der Waals surface area contributed by atoms with Crippen LogP contribution in [0.15, 0.2) is 30.5 Å². The quantitative estimate of drug-likeness (QED) is 0.655. The Hall–Kier alpha value is -2.21. The minimum Gasteiger partial charge on any atom is -0.306 e. The average Bonchev–Trinajstić information content (AvgIpc) is 2.78. The topological polar surface area (TPSA) is 73.0 Å². The second-order valence-corrected chi connectivity index (χ2v) is 5.11. The van der Waals surface area contributed by atoms with Gasteiger partial charge in [0.15, 0.2) is 0 Å². The number of hydrogen-bond donors (Lipinski definition) is 1. The van der Waals surface area contributed by atoms with Crippen molar-refractivity contribution in [2.24, 2.45) is 7.05 Å². The van der Waals surface area contributed by atoms with Crippen molar-refractivity contribution in [3.05, 3.63) is 57.4 Å². The third kappa shape index (κ3) is 3.66. The van der Waals surface area contributed by atoms with E-state index in [2.05, 4.69) is 17.3 Å². The number of benzene rings is 1. The van der Waals surface area contributed by atoms with Crippen LogP contribution in [-0.2, 0) is 13.6 Å². The van der Waals surface area contributed by atoms with E-state index in [-0.39, 0.29) is 16.7 Å². The number of nitrogens with zero attached hydrogens (tertiary/aromatic N) is 3. The molecule has 0 spiro atoms. The summed E-state index contributed by atoms with van der Waals surface area (Å²) in [6.45, 7) is 4.73. The second kappa shape index (κ2) is 6.49. The van der Waals surface area contributed by atoms with Gasteiger partial charge in [-0.2, -0.15) is 5.10 Å². The third-order valence-electron chi connectivity index (χ3n) is 3.55. The van der Waals surface area contributed by atoms with Crippen molar-refractivity contribution in [3.8, 4) is 0 Å². The summed E-state index contributed by atoms with van der Waals surface area (Å²) in [7, 11) is 1.90. The van der Waals surface area contributed by atoms with Crippen LogP contribution >= 0.6 is 0 Å². The van der Waals surface area contributed by atoms with Crippen molar-refractivity contribution in [1.29, 1.82) is 0 Å². The fourth-order valence-corrected chi connectivity index (χ4v) is 2.41. The molecule has 0 aliphatic rings. The van der Waals surface area contributed by atoms with Gasteiger partial charge in [0.2, 0.25) is 0 Å². The Morgan fingerprint density at radius 3 is 2.81 bits per heavy atom. The molecule has 1 atom stereocenters. The molecular formula is C15H20N4O2. The predicted octanol–water partition coefficient (Wildman–Crippen LogP) is 2.88. The number of aromatic nitrogens is 2. The molecule has 112 valence electrons. The summed E-state index contributed by atoms with van der Waals surface area (Å²) in [5, 5.41) is 18.6. The molecule has 6 heteroatoms. The first-order chi connectivity index (χ1) is 10.0. The Labute approximate surface area is 123 Å². The van der Waals surface area contributed by atoms with Crippen LogP contribution in [0.3, 0.4) is 0 Å². The van der Waals surface area contributed by atoms with Crippen molar-refractivity contribution < 1.29 is 4.92 Å². The molecule has 0 aliphatic carbocycles. The highest BCUT2D eigenvalue weighted by Gasteiger charge is 2.14. The molecule has 1 unspecified atom stereocenters. The lowest BCUT2D eigenvalue weighted by molar-refractivity contribution is -0.384. The Morgan fingerprint density at radius 2 is 2.24 bits per heavy atom. The first-order valence-corrected chi connectivity index (χ1v) is 6.98. The third-order valence-corrected chi connectivity index (χ3v) is 3.55. The normalized spacial score (nSPS) is 12.3. The van der Waals surface area contributed by atoms with Crippen molar-refractivity contribution in [2.45, 2.75) is 32.9 Å². The number of aryl methyl sites for hydroxylation is 2. The van der Waals surface area contributed by atoms with Crippen molar-refractivity contribution >= 4 is 5.69 Å². The molecule has 0 saturated heterocycles. The molecule has 0 amide bonds. The van der Waals surface area contributed by atoms with E-state index < -0.39 is 0 Å². The van der Waals surface area contributed by atoms with E-state index in [0.29, 0.717) is 6.54 Å². The lowest BCUT2D eigenvalue weighted by Gasteiger charge is -2.17. The van der Waals surface area contributed by atoms with Crippen LogP contribution in [0.2, 0.25) is 0 Å². The molecule has 0 saturated carbocycles. The maximum absolute atomic E-state index is 10.9. The zero-order chi connectivity index (χ0) is 15.4. The van der Waals surface area contributed by atoms with E-state index in [4.69, 9.17) is 0 Å². The van der Waals surface area contributed by atoms with Gasteiger partial charge in [-0.1, -0.05) is 19.1 Å². The highest BCUT2D eigenvalue weighted by molar-refractivity contribution is 5.35. The van der Waals surface area contributed by atoms with Gasteiger partial charge < -0.3 is 5.32 Å². The van der Waals surface area contributed by atoms with Crippen molar-refractivity contribution in [1.82, 2.24) is 15.1 Å². The summed E-state index contributed by atoms with van der Waals surface area (Å²) in [5.74, 6) is 0. The Kier molecular flexibility index (Phi) is 4.70. The zero-order valence-corrected chi connectivity index (χ0v) is 12.5. The Balaban J connectivity index is 2.11. The van der Waals surface area contributed by atoms with Gasteiger partial charge in [0.05, 0.1) is 10.6 Å². The van der Waals surface area contributed by atoms with E-state index in [1.807, 2.05) is 26.2 Å². The van der Waals surface area contributed by atoms with Crippen LogP contribution in [0.1, 0.15) is 36.2 Å². The maximum Gasteiger partial charge on any atom is 0.269 e. The molecule has 0 bridgehead atoms. The number of non-ortho nitro benzene ring substituents is 1. The molecule has 1 aromatic carbocycles. The number of hydrogen-bond acceptors (Lipinski definition) is 4. The molecule has 1 heterocycles. The van der Waals surface area contributed by atoms with Gasteiger partial charge in [0.1, 0.15) is 0 Å². The van der Waals surface area contributed by atoms with Crippen molar-refractivity contribution in [3.63, 3.8) is 0 Å². The molecule has 1 N–H and O–H groups in total. The summed E-state index contributed by atoms with van der Waals surface area (Å²) in [5.41, 5.74) is 3.21. The first kappa shape index (κ1) is 15.2. The summed E-state index contributed by atoms with van der Waals surface area (Å²) < 4.78 is 1.79. The molecule has 0 radical (unpaired) electrons. The standard InChI is InChI=1S/C15H20N4O2/c1-4-15(12-6-5-7-14(8-12)19(20)21)16-9-13-10-18(3)17-11(13)2/h5-8,10,15-16H,4,9H2,1-3H3. The molecule has 0 aliphatic heterocycles. The minimum atomic E-state index is -0.360. The molecule has 21 heavy (non-hydrogen) atoms. The largest absolute Gasteiger partial charge is 0.306 e. The van der Waals surface area contributed by atoms with Gasteiger partial charge in [-0.05, 0) is 18.9 Å². The lowest BCUT2D eigenvalue weighted by atomic mass is 10.0. The smallest absolute Gasteiger partial charge is 0.269 e. The SMILES string of the molecule is CCC(NCc1cn(C)nc1C)c1cccc([N+](=O)[O-])c1. The van der Waals surface area contributed by atoms with Crippen LogP contribution in [-0.4, -0.2) is 14.7 Å². The van der Waals surface area contributed by atoms with Gasteiger partial charge in [0, 0.05) is 43.5 Å². The van der Waals surface area contributed by atoms with Crippen molar-refractivity contribution in [2.75, 3.05) is 0 Å². The van der Waals surface area contributed by atoms with Gasteiger partial charge in [-0.15, -0.1) is 0 Å². The first-order valence-electron chi connectivity index (χ1n) is 6.98. The van der Waals surface area contributed by atoms with E-state index in [1.165, 1.54) is 6.07 Å². The van der Waals surface area contributed by atoms with E-state index in [1.54, 1.807) is 16.8 Å². The predicted molar refractivity (Wildman–Crippen MR) is 80.9 cm³/mol. The van der Waals surface area contributed by atoms with E-state index in [0.717, 1.165) is 23.2 Å². The van der Waals surface area contributed by atoms with E-state index in [9.17, 15) is 10.1 Å². The van der Waals surface area contributed by atoms with E-state index >= 15 is 0 Å². The van der Waals surface area contributed by atoms with Crippen LogP contribution < -0.4 is 5.32 Å². The Morgan fingerprint density at radius 1 is 1.48 bits per heavy atom. The monoisotopic (exact) mass is 288 g/mol. The molecule has 1 aromatic heterocycles. The molecule has 2 rings (SSSR count). The second-order valence-electron chi connectivity index (χ2n) is 5.11. The lowest BCUT2D eigenvalue weighted by Crippen LogP contribution is -2.20. The fraction of sp³-hybridized carbons (Fsp3) is 0.400. The highest BCUT2D eigenvalue weighted by Crippen LogP contribution is 2.22. The van der Waals surface area contributed by atoms with Gasteiger partial charge in [-0.3, -0.25) is 14.8 Å². The number of nitro groups is 1. The van der Waals surface area contributed by atoms with Crippen LogP contribution in [0.4, 0.5) is 5.69 Å². The number of rotatable bonds is 6. The average molecular weight is 288 g/mol. The number of nitro benzene ring substituents is 1. The Bertz CT molecular complexity index is 636. The molecule has 6 nitrogen and oxygen atoms in total. The van der Waals surface area contributed by atoms with Crippen LogP contribution in [0.5, 0.6) is 0 Å². The molecule has 2 aromatic rings. The number of nitrogens with one attached hydrogen (secondary N) is 1. The van der Waals surface area contributed by atoms with Gasteiger partial charge in [0.25, 0.3) is 5.69 Å². The highest BCUT2D eigenvalue weighted by atomic mass is 16.6. The summed E-state index contributed by atoms with van der Waals surface area (Å²) >= 11 is 0. The van der Waals surface area contributed by atoms with Crippen LogP contribution in [0, 0.1) is 17.0 Å². The van der Waals surface area contributed by atoms with Gasteiger partial charge in [-0.25, -0.2) is 0 Å². The van der Waals surface area contributed by atoms with Crippen LogP contribution in [0.25, 0.3) is 0 Å². The maximum atomic E-state index is 10.9. The molecule has 0 fully saturated rings. The summed E-state index contributed by atoms with van der Waals surface area (Å²) in [4.78, 5) is 10.5.